The predicted molar refractivity (Wildman–Crippen MR) is 92.3 cm³/mol. The Balaban J connectivity index is 2.00. The van der Waals surface area contributed by atoms with Crippen LogP contribution in [0.5, 0.6) is 5.75 Å². The van der Waals surface area contributed by atoms with Gasteiger partial charge in [0.15, 0.2) is 0 Å². The summed E-state index contributed by atoms with van der Waals surface area (Å²) in [5.74, 6) is 0.925. The van der Waals surface area contributed by atoms with Crippen molar-refractivity contribution in [1.29, 1.82) is 0 Å². The first kappa shape index (κ1) is 14.2. The van der Waals surface area contributed by atoms with Gasteiger partial charge in [0, 0.05) is 10.2 Å². The van der Waals surface area contributed by atoms with Crippen molar-refractivity contribution in [3.05, 3.63) is 77.9 Å². The van der Waals surface area contributed by atoms with Gasteiger partial charge in [-0.15, -0.1) is 0 Å². The number of rotatable bonds is 4. The third kappa shape index (κ3) is 2.96. The zero-order valence-corrected chi connectivity index (χ0v) is 13.5. The molecule has 0 saturated heterocycles. The molecular formula is C19H17BrO. The summed E-state index contributed by atoms with van der Waals surface area (Å²) in [5, 5.41) is 2.41. The Morgan fingerprint density at radius 1 is 0.857 bits per heavy atom. The molecule has 1 atom stereocenters. The Kier molecular flexibility index (Phi) is 4.26. The van der Waals surface area contributed by atoms with Crippen molar-refractivity contribution in [2.45, 2.75) is 11.2 Å². The van der Waals surface area contributed by atoms with Gasteiger partial charge in [0.1, 0.15) is 5.75 Å². The van der Waals surface area contributed by atoms with Gasteiger partial charge in [-0.25, -0.2) is 0 Å². The van der Waals surface area contributed by atoms with E-state index >= 15 is 0 Å². The Labute approximate surface area is 133 Å². The lowest BCUT2D eigenvalue weighted by Gasteiger charge is -2.15. The Morgan fingerprint density at radius 3 is 2.24 bits per heavy atom. The van der Waals surface area contributed by atoms with Crippen molar-refractivity contribution in [3.63, 3.8) is 0 Å². The van der Waals surface area contributed by atoms with Gasteiger partial charge in [0.2, 0.25) is 0 Å². The van der Waals surface area contributed by atoms with E-state index in [1.807, 2.05) is 0 Å². The number of hydrogen-bond acceptors (Lipinski definition) is 1. The molecule has 3 aromatic rings. The van der Waals surface area contributed by atoms with Crippen LogP contribution in [-0.2, 0) is 6.42 Å². The average molecular weight is 341 g/mol. The van der Waals surface area contributed by atoms with Crippen molar-refractivity contribution in [1.82, 2.24) is 0 Å². The minimum Gasteiger partial charge on any atom is -0.496 e. The van der Waals surface area contributed by atoms with Crippen LogP contribution in [0.25, 0.3) is 10.8 Å². The Bertz CT molecular complexity index is 737. The molecule has 0 heterocycles. The van der Waals surface area contributed by atoms with Gasteiger partial charge in [-0.05, 0) is 29.0 Å². The van der Waals surface area contributed by atoms with Crippen molar-refractivity contribution in [2.24, 2.45) is 0 Å². The van der Waals surface area contributed by atoms with Crippen molar-refractivity contribution >= 4 is 26.7 Å². The van der Waals surface area contributed by atoms with Crippen molar-refractivity contribution in [3.8, 4) is 5.75 Å². The summed E-state index contributed by atoms with van der Waals surface area (Å²) in [5.41, 5.74) is 2.63. The fraction of sp³-hybridized carbons (Fsp3) is 0.158. The Hall–Kier alpha value is -1.80. The molecule has 0 aliphatic rings. The molecular weight excluding hydrogens is 324 g/mol. The van der Waals surface area contributed by atoms with Gasteiger partial charge >= 0.3 is 0 Å². The van der Waals surface area contributed by atoms with E-state index in [1.54, 1.807) is 7.11 Å². The van der Waals surface area contributed by atoms with E-state index in [-0.39, 0.29) is 4.83 Å². The number of ether oxygens (including phenoxy) is 1. The van der Waals surface area contributed by atoms with Crippen LogP contribution in [0.2, 0.25) is 0 Å². The van der Waals surface area contributed by atoms with Gasteiger partial charge in [-0.3, -0.25) is 0 Å². The fourth-order valence-electron chi connectivity index (χ4n) is 2.68. The van der Waals surface area contributed by atoms with Gasteiger partial charge in [-0.2, -0.15) is 0 Å². The highest BCUT2D eigenvalue weighted by Gasteiger charge is 2.13. The molecule has 0 spiro atoms. The van der Waals surface area contributed by atoms with Crippen LogP contribution in [0.1, 0.15) is 16.0 Å². The summed E-state index contributed by atoms with van der Waals surface area (Å²) < 4.78 is 5.47. The molecule has 0 N–H and O–H groups in total. The van der Waals surface area contributed by atoms with E-state index in [2.05, 4.69) is 82.7 Å². The molecule has 0 radical (unpaired) electrons. The topological polar surface area (TPSA) is 9.23 Å². The third-order valence-electron chi connectivity index (χ3n) is 3.73. The summed E-state index contributed by atoms with van der Waals surface area (Å²) in [6.07, 6.45) is 0.969. The average Bonchev–Trinajstić information content (AvgIpc) is 2.54. The quantitative estimate of drug-likeness (QED) is 0.567. The molecule has 0 aliphatic carbocycles. The van der Waals surface area contributed by atoms with Crippen LogP contribution in [0.3, 0.4) is 0 Å². The molecule has 0 amide bonds. The maximum absolute atomic E-state index is 5.47. The molecule has 0 aromatic heterocycles. The summed E-state index contributed by atoms with van der Waals surface area (Å²) in [6, 6.07) is 23.2. The summed E-state index contributed by atoms with van der Waals surface area (Å²) in [6.45, 7) is 0. The normalized spacial score (nSPS) is 12.3. The summed E-state index contributed by atoms with van der Waals surface area (Å²) in [4.78, 5) is 0.288. The zero-order valence-electron chi connectivity index (χ0n) is 11.9. The van der Waals surface area contributed by atoms with E-state index in [0.717, 1.165) is 17.6 Å². The maximum atomic E-state index is 5.47. The highest BCUT2D eigenvalue weighted by Crippen LogP contribution is 2.36. The highest BCUT2D eigenvalue weighted by atomic mass is 79.9. The number of benzene rings is 3. The monoisotopic (exact) mass is 340 g/mol. The van der Waals surface area contributed by atoms with E-state index in [4.69, 9.17) is 4.74 Å². The molecule has 0 saturated carbocycles. The van der Waals surface area contributed by atoms with Gasteiger partial charge in [-0.1, -0.05) is 76.6 Å². The fourth-order valence-corrected chi connectivity index (χ4v) is 3.45. The minimum absolute atomic E-state index is 0.288. The van der Waals surface area contributed by atoms with Crippen LogP contribution in [0.4, 0.5) is 0 Å². The minimum atomic E-state index is 0.288. The van der Waals surface area contributed by atoms with Crippen molar-refractivity contribution < 1.29 is 4.74 Å². The molecule has 0 aliphatic heterocycles. The van der Waals surface area contributed by atoms with Crippen molar-refractivity contribution in [2.75, 3.05) is 7.11 Å². The van der Waals surface area contributed by atoms with Crippen LogP contribution in [0, 0.1) is 0 Å². The predicted octanol–water partition coefficient (Wildman–Crippen LogP) is 5.53. The molecule has 0 fully saturated rings. The number of fused-ring (bicyclic) bond motifs is 1. The number of alkyl halides is 1. The van der Waals surface area contributed by atoms with E-state index in [1.165, 1.54) is 16.5 Å². The van der Waals surface area contributed by atoms with Crippen LogP contribution in [-0.4, -0.2) is 7.11 Å². The lowest BCUT2D eigenvalue weighted by atomic mass is 9.98. The first-order valence-electron chi connectivity index (χ1n) is 7.03. The first-order valence-corrected chi connectivity index (χ1v) is 7.95. The summed E-state index contributed by atoms with van der Waals surface area (Å²) >= 11 is 3.85. The first-order chi connectivity index (χ1) is 10.3. The van der Waals surface area contributed by atoms with Crippen LogP contribution >= 0.6 is 15.9 Å². The molecule has 1 unspecified atom stereocenters. The Morgan fingerprint density at radius 2 is 1.52 bits per heavy atom. The maximum Gasteiger partial charge on any atom is 0.126 e. The molecule has 106 valence electrons. The second kappa shape index (κ2) is 6.31. The summed E-state index contributed by atoms with van der Waals surface area (Å²) in [7, 11) is 1.72. The van der Waals surface area contributed by atoms with Gasteiger partial charge in [0.05, 0.1) is 7.11 Å². The molecule has 3 aromatic carbocycles. The van der Waals surface area contributed by atoms with E-state index < -0.39 is 0 Å². The van der Waals surface area contributed by atoms with Gasteiger partial charge in [0.25, 0.3) is 0 Å². The molecule has 3 rings (SSSR count). The second-order valence-corrected chi connectivity index (χ2v) is 6.17. The molecule has 21 heavy (non-hydrogen) atoms. The van der Waals surface area contributed by atoms with E-state index in [0.29, 0.717) is 0 Å². The standard InChI is InChI=1S/C19H17BrO/c1-21-19-12-11-16(15-9-5-6-10-17(15)19)18(20)13-14-7-3-2-4-8-14/h2-12,18H,13H2,1H3. The number of hydrogen-bond donors (Lipinski definition) is 0. The third-order valence-corrected chi connectivity index (χ3v) is 4.55. The lowest BCUT2D eigenvalue weighted by Crippen LogP contribution is -1.97. The van der Waals surface area contributed by atoms with Gasteiger partial charge < -0.3 is 4.74 Å². The van der Waals surface area contributed by atoms with Crippen LogP contribution in [0.15, 0.2) is 66.7 Å². The zero-order chi connectivity index (χ0) is 14.7. The molecule has 0 bridgehead atoms. The second-order valence-electron chi connectivity index (χ2n) is 5.06. The molecule has 1 nitrogen and oxygen atoms in total. The lowest BCUT2D eigenvalue weighted by molar-refractivity contribution is 0.419. The smallest absolute Gasteiger partial charge is 0.126 e. The molecule has 2 heteroatoms. The highest BCUT2D eigenvalue weighted by molar-refractivity contribution is 9.09. The SMILES string of the molecule is COc1ccc(C(Br)Cc2ccccc2)c2ccccc12. The largest absolute Gasteiger partial charge is 0.496 e. The number of halogens is 1. The van der Waals surface area contributed by atoms with E-state index in [9.17, 15) is 0 Å². The number of methoxy groups -OCH3 is 1. The van der Waals surface area contributed by atoms with Crippen LogP contribution < -0.4 is 4.74 Å².